The molecule has 0 aromatic heterocycles. The van der Waals surface area contributed by atoms with E-state index in [4.69, 9.17) is 17.7 Å². The van der Waals surface area contributed by atoms with Gasteiger partial charge in [-0.25, -0.2) is 8.42 Å². The topological polar surface area (TPSA) is 104 Å². The fourth-order valence-corrected chi connectivity index (χ4v) is 3.29. The number of hydrogen-bond donors (Lipinski definition) is 1. The largest absolute Gasteiger partial charge is 0.741 e. The van der Waals surface area contributed by atoms with Gasteiger partial charge in [0, 0.05) is 23.4 Å². The second kappa shape index (κ2) is 9.80. The monoisotopic (exact) mass is 438 g/mol. The number of hydrogen-bond acceptors (Lipinski definition) is 6. The van der Waals surface area contributed by atoms with E-state index in [1.807, 2.05) is 36.4 Å². The predicted molar refractivity (Wildman–Crippen MR) is 96.9 cm³/mol. The lowest BCUT2D eigenvalue weighted by atomic mass is 10.2. The van der Waals surface area contributed by atoms with Gasteiger partial charge >= 0.3 is 11.5 Å². The summed E-state index contributed by atoms with van der Waals surface area (Å²) >= 11 is 0. The second-order valence-electron chi connectivity index (χ2n) is 5.41. The summed E-state index contributed by atoms with van der Waals surface area (Å²) in [7, 11) is -6.02. The molecule has 1 N–H and O–H groups in total. The highest BCUT2D eigenvalue weighted by Crippen LogP contribution is 2.22. The van der Waals surface area contributed by atoms with E-state index in [0.29, 0.717) is 5.75 Å². The molecule has 0 fully saturated rings. The summed E-state index contributed by atoms with van der Waals surface area (Å²) < 4.78 is 63.9. The fourth-order valence-electron chi connectivity index (χ4n) is 1.83. The number of ether oxygens (including phenoxy) is 1. The lowest BCUT2D eigenvalue weighted by Crippen LogP contribution is -2.21. The Morgan fingerprint density at radius 3 is 1.96 bits per heavy atom. The standard InChI is InChI=1S/C16H16O3S.CHF3O3S/c1-12(17)19-15-7-9-16(10-8-15)20(2)11-13-3-5-14(18)6-4-13;2-1(3,4)8(5,6)7/h3-10H,11H2,1-2H3;(H,5,6,7). The summed E-state index contributed by atoms with van der Waals surface area (Å²) in [6.07, 6.45) is 2.17. The van der Waals surface area contributed by atoms with Crippen molar-refractivity contribution in [2.45, 2.75) is 23.1 Å². The molecule has 28 heavy (non-hydrogen) atoms. The Balaban J connectivity index is 0.000000416. The van der Waals surface area contributed by atoms with Crippen LogP contribution in [-0.4, -0.2) is 35.8 Å². The Labute approximate surface area is 163 Å². The van der Waals surface area contributed by atoms with Crippen molar-refractivity contribution in [3.63, 3.8) is 0 Å². The third-order valence-electron chi connectivity index (χ3n) is 3.09. The molecule has 0 aliphatic carbocycles. The van der Waals surface area contributed by atoms with Gasteiger partial charge in [-0.3, -0.25) is 4.79 Å². The average Bonchev–Trinajstić information content (AvgIpc) is 2.56. The molecule has 0 amide bonds. The van der Waals surface area contributed by atoms with Crippen LogP contribution in [0, 0.1) is 0 Å². The molecule has 2 rings (SSSR count). The second-order valence-corrected chi connectivity index (χ2v) is 8.82. The first-order valence-electron chi connectivity index (χ1n) is 7.50. The quantitative estimate of drug-likeness (QED) is 0.259. The third kappa shape index (κ3) is 8.19. The van der Waals surface area contributed by atoms with Crippen LogP contribution in [0.15, 0.2) is 53.4 Å². The molecule has 2 aromatic carbocycles. The molecule has 0 saturated carbocycles. The lowest BCUT2D eigenvalue weighted by molar-refractivity contribution is -0.131. The maximum absolute atomic E-state index is 10.9. The van der Waals surface area contributed by atoms with E-state index in [9.17, 15) is 23.1 Å². The van der Waals surface area contributed by atoms with Crippen molar-refractivity contribution in [3.8, 4) is 11.5 Å². The van der Waals surface area contributed by atoms with Gasteiger partial charge in [-0.05, 0) is 36.4 Å². The maximum atomic E-state index is 10.9. The van der Waals surface area contributed by atoms with E-state index in [1.54, 1.807) is 12.1 Å². The average molecular weight is 438 g/mol. The van der Waals surface area contributed by atoms with Gasteiger partial charge in [0.1, 0.15) is 23.5 Å². The van der Waals surface area contributed by atoms with Gasteiger partial charge in [-0.2, -0.15) is 13.2 Å². The van der Waals surface area contributed by atoms with Gasteiger partial charge < -0.3 is 14.4 Å². The van der Waals surface area contributed by atoms with Gasteiger partial charge in [-0.15, -0.1) is 0 Å². The van der Waals surface area contributed by atoms with Crippen molar-refractivity contribution in [3.05, 3.63) is 54.1 Å². The summed E-state index contributed by atoms with van der Waals surface area (Å²) in [6, 6.07) is 14.9. The number of phenols is 1. The van der Waals surface area contributed by atoms with Crippen molar-refractivity contribution >= 4 is 27.0 Å². The van der Waals surface area contributed by atoms with E-state index < -0.39 is 15.6 Å². The Kier molecular flexibility index (Phi) is 8.33. The number of benzene rings is 2. The molecule has 0 aliphatic rings. The van der Waals surface area contributed by atoms with E-state index in [1.165, 1.54) is 17.4 Å². The van der Waals surface area contributed by atoms with Crippen molar-refractivity contribution < 1.29 is 40.8 Å². The van der Waals surface area contributed by atoms with Crippen molar-refractivity contribution in [2.75, 3.05) is 6.26 Å². The summed E-state index contributed by atoms with van der Waals surface area (Å²) in [4.78, 5) is 12.1. The molecule has 0 aliphatic heterocycles. The molecule has 1 atom stereocenters. The number of aromatic hydroxyl groups is 1. The van der Waals surface area contributed by atoms with E-state index in [-0.39, 0.29) is 22.6 Å². The number of phenolic OH excluding ortho intramolecular Hbond substituents is 1. The summed E-state index contributed by atoms with van der Waals surface area (Å²) in [5.41, 5.74) is -4.45. The van der Waals surface area contributed by atoms with E-state index in [2.05, 4.69) is 6.26 Å². The van der Waals surface area contributed by atoms with Gasteiger partial charge in [0.25, 0.3) is 0 Å². The summed E-state index contributed by atoms with van der Waals surface area (Å²) in [5.74, 6) is 1.48. The molecular formula is C17H17F3O6S2. The summed E-state index contributed by atoms with van der Waals surface area (Å²) in [6.45, 7) is 1.39. The van der Waals surface area contributed by atoms with Crippen LogP contribution in [0.1, 0.15) is 12.5 Å². The Morgan fingerprint density at radius 2 is 1.57 bits per heavy atom. The number of esters is 1. The normalized spacial score (nSPS) is 12.5. The van der Waals surface area contributed by atoms with Gasteiger partial charge in [0.2, 0.25) is 0 Å². The van der Waals surface area contributed by atoms with Crippen LogP contribution in [0.3, 0.4) is 0 Å². The summed E-state index contributed by atoms with van der Waals surface area (Å²) in [5, 5.41) is 9.27. The number of alkyl halides is 3. The molecule has 0 heterocycles. The van der Waals surface area contributed by atoms with Gasteiger partial charge in [0.05, 0.1) is 0 Å². The highest BCUT2D eigenvalue weighted by molar-refractivity contribution is 7.95. The van der Waals surface area contributed by atoms with Crippen LogP contribution >= 0.6 is 0 Å². The van der Waals surface area contributed by atoms with Crippen LogP contribution in [0.5, 0.6) is 11.5 Å². The maximum Gasteiger partial charge on any atom is 0.485 e. The molecule has 0 spiro atoms. The first kappa shape index (κ1) is 23.8. The SMILES string of the molecule is CC(=O)Oc1ccc([S+](C)Cc2ccc(O)cc2)cc1.O=S(=O)([O-])C(F)(F)F. The highest BCUT2D eigenvalue weighted by Gasteiger charge is 2.36. The lowest BCUT2D eigenvalue weighted by Gasteiger charge is -2.08. The van der Waals surface area contributed by atoms with Crippen LogP contribution in [0.4, 0.5) is 13.2 Å². The minimum atomic E-state index is -6.09. The number of rotatable bonds is 4. The third-order valence-corrected chi connectivity index (χ3v) is 5.50. The zero-order valence-electron chi connectivity index (χ0n) is 14.8. The van der Waals surface area contributed by atoms with Crippen LogP contribution in [0.25, 0.3) is 0 Å². The van der Waals surface area contributed by atoms with Crippen molar-refractivity contribution in [2.24, 2.45) is 0 Å². The van der Waals surface area contributed by atoms with E-state index in [0.717, 1.165) is 5.75 Å². The van der Waals surface area contributed by atoms with Crippen molar-refractivity contribution in [1.82, 2.24) is 0 Å². The van der Waals surface area contributed by atoms with Crippen LogP contribution in [0.2, 0.25) is 0 Å². The number of carbonyl (C=O) groups is 1. The first-order valence-corrected chi connectivity index (χ1v) is 10.7. The van der Waals surface area contributed by atoms with Crippen molar-refractivity contribution in [1.29, 1.82) is 0 Å². The molecule has 0 bridgehead atoms. The van der Waals surface area contributed by atoms with Gasteiger partial charge in [-0.1, -0.05) is 12.1 Å². The highest BCUT2D eigenvalue weighted by atomic mass is 32.2. The Morgan fingerprint density at radius 1 is 1.11 bits per heavy atom. The molecule has 2 aromatic rings. The minimum absolute atomic E-state index is 0.0659. The number of carbonyl (C=O) groups excluding carboxylic acids is 1. The molecule has 0 radical (unpaired) electrons. The molecule has 11 heteroatoms. The fraction of sp³-hybridized carbons (Fsp3) is 0.235. The molecule has 1 unspecified atom stereocenters. The molecule has 6 nitrogen and oxygen atoms in total. The molecular weight excluding hydrogens is 421 g/mol. The Bertz CT molecular complexity index is 879. The minimum Gasteiger partial charge on any atom is -0.741 e. The zero-order chi connectivity index (χ0) is 21.5. The van der Waals surface area contributed by atoms with Crippen LogP contribution < -0.4 is 4.74 Å². The smallest absolute Gasteiger partial charge is 0.485 e. The predicted octanol–water partition coefficient (Wildman–Crippen LogP) is 3.18. The van der Waals surface area contributed by atoms with Gasteiger partial charge in [0.15, 0.2) is 15.0 Å². The van der Waals surface area contributed by atoms with Crippen LogP contribution in [-0.2, 0) is 31.6 Å². The first-order chi connectivity index (χ1) is 12.8. The molecule has 0 saturated heterocycles. The molecule has 154 valence electrons. The number of halogens is 3. The van der Waals surface area contributed by atoms with E-state index >= 15 is 0 Å². The zero-order valence-corrected chi connectivity index (χ0v) is 16.4. The Hall–Kier alpha value is -2.24.